The van der Waals surface area contributed by atoms with Crippen LogP contribution in [0.5, 0.6) is 5.75 Å². The van der Waals surface area contributed by atoms with Gasteiger partial charge in [-0.15, -0.1) is 0 Å². The van der Waals surface area contributed by atoms with Crippen LogP contribution in [0.25, 0.3) is 11.0 Å². The van der Waals surface area contributed by atoms with Gasteiger partial charge in [0.15, 0.2) is 0 Å². The molecule has 3 aromatic rings. The summed E-state index contributed by atoms with van der Waals surface area (Å²) in [6.07, 6.45) is 0.881. The summed E-state index contributed by atoms with van der Waals surface area (Å²) >= 11 is 3.50. The minimum absolute atomic E-state index is 0.822. The number of benzene rings is 2. The molecule has 0 unspecified atom stereocenters. The van der Waals surface area contributed by atoms with Crippen LogP contribution in [0.2, 0.25) is 0 Å². The van der Waals surface area contributed by atoms with Gasteiger partial charge in [0.25, 0.3) is 0 Å². The lowest BCUT2D eigenvalue weighted by molar-refractivity contribution is 0.412. The van der Waals surface area contributed by atoms with Crippen molar-refractivity contribution in [2.75, 3.05) is 13.7 Å². The maximum Gasteiger partial charge on any atom is 0.133 e. The van der Waals surface area contributed by atoms with Crippen LogP contribution in [0.15, 0.2) is 46.9 Å². The van der Waals surface area contributed by atoms with Crippen molar-refractivity contribution in [2.45, 2.75) is 13.0 Å². The summed E-state index contributed by atoms with van der Waals surface area (Å²) in [6, 6.07) is 14.2. The quantitative estimate of drug-likeness (QED) is 0.660. The predicted octanol–water partition coefficient (Wildman–Crippen LogP) is 3.67. The topological polar surface area (TPSA) is 49.9 Å². The molecule has 0 bridgehead atoms. The summed E-state index contributed by atoms with van der Waals surface area (Å²) in [4.78, 5) is 7.92. The van der Waals surface area contributed by atoms with E-state index in [2.05, 4.69) is 43.3 Å². The number of ether oxygens (including phenoxy) is 1. The Bertz CT molecular complexity index is 736. The van der Waals surface area contributed by atoms with Gasteiger partial charge in [-0.3, -0.25) is 0 Å². The van der Waals surface area contributed by atoms with Crippen LogP contribution in [-0.4, -0.2) is 23.6 Å². The number of hydrogen-bond donors (Lipinski definition) is 2. The number of H-pyrrole nitrogens is 1. The molecule has 114 valence electrons. The lowest BCUT2D eigenvalue weighted by Crippen LogP contribution is -2.17. The van der Waals surface area contributed by atoms with Crippen LogP contribution >= 0.6 is 15.9 Å². The molecule has 0 spiro atoms. The molecule has 0 aliphatic rings. The molecule has 5 heteroatoms. The zero-order valence-electron chi connectivity index (χ0n) is 12.4. The standard InChI is InChI=1S/C17H18BrN3O/c1-22-16-7-6-12(10-13(16)18)11-19-9-8-17-20-14-4-2-3-5-15(14)21-17/h2-7,10,19H,8-9,11H2,1H3,(H,20,21). The Kier molecular flexibility index (Phi) is 4.75. The predicted molar refractivity (Wildman–Crippen MR) is 92.2 cm³/mol. The monoisotopic (exact) mass is 359 g/mol. The van der Waals surface area contributed by atoms with Gasteiger partial charge >= 0.3 is 0 Å². The zero-order valence-corrected chi connectivity index (χ0v) is 14.0. The lowest BCUT2D eigenvalue weighted by atomic mass is 10.2. The van der Waals surface area contributed by atoms with Crippen molar-refractivity contribution < 1.29 is 4.74 Å². The molecule has 2 N–H and O–H groups in total. The molecular weight excluding hydrogens is 342 g/mol. The van der Waals surface area contributed by atoms with Crippen molar-refractivity contribution in [1.82, 2.24) is 15.3 Å². The van der Waals surface area contributed by atoms with Gasteiger partial charge in [-0.25, -0.2) is 4.98 Å². The Balaban J connectivity index is 1.52. The highest BCUT2D eigenvalue weighted by Gasteiger charge is 2.03. The molecule has 2 aromatic carbocycles. The number of fused-ring (bicyclic) bond motifs is 1. The summed E-state index contributed by atoms with van der Waals surface area (Å²) in [5, 5.41) is 3.44. The Morgan fingerprint density at radius 2 is 2.09 bits per heavy atom. The molecule has 4 nitrogen and oxygen atoms in total. The maximum absolute atomic E-state index is 5.23. The lowest BCUT2D eigenvalue weighted by Gasteiger charge is -2.07. The van der Waals surface area contributed by atoms with E-state index in [9.17, 15) is 0 Å². The van der Waals surface area contributed by atoms with Crippen LogP contribution in [0.3, 0.4) is 0 Å². The first-order valence-electron chi connectivity index (χ1n) is 7.23. The number of nitrogens with one attached hydrogen (secondary N) is 2. The summed E-state index contributed by atoms with van der Waals surface area (Å²) in [5.41, 5.74) is 3.34. The van der Waals surface area contributed by atoms with E-state index in [0.717, 1.165) is 46.6 Å². The highest BCUT2D eigenvalue weighted by molar-refractivity contribution is 9.10. The number of aromatic amines is 1. The third kappa shape index (κ3) is 3.48. The average Bonchev–Trinajstić information content (AvgIpc) is 2.94. The van der Waals surface area contributed by atoms with E-state index in [1.54, 1.807) is 7.11 Å². The number of nitrogens with zero attached hydrogens (tertiary/aromatic N) is 1. The Morgan fingerprint density at radius 1 is 1.23 bits per heavy atom. The van der Waals surface area contributed by atoms with Crippen molar-refractivity contribution in [3.05, 3.63) is 58.3 Å². The summed E-state index contributed by atoms with van der Waals surface area (Å²) in [7, 11) is 1.67. The Hall–Kier alpha value is -1.85. The molecular formula is C17H18BrN3O. The second kappa shape index (κ2) is 6.94. The molecule has 3 rings (SSSR count). The number of rotatable bonds is 6. The second-order valence-corrected chi connectivity index (χ2v) is 5.95. The van der Waals surface area contributed by atoms with Crippen molar-refractivity contribution >= 4 is 27.0 Å². The smallest absolute Gasteiger partial charge is 0.133 e. The third-order valence-corrected chi connectivity index (χ3v) is 4.14. The van der Waals surface area contributed by atoms with Gasteiger partial charge in [-0.1, -0.05) is 18.2 Å². The number of para-hydroxylation sites is 2. The van der Waals surface area contributed by atoms with E-state index < -0.39 is 0 Å². The van der Waals surface area contributed by atoms with Gasteiger partial charge in [0.05, 0.1) is 22.6 Å². The summed E-state index contributed by atoms with van der Waals surface area (Å²) in [6.45, 7) is 1.70. The largest absolute Gasteiger partial charge is 0.496 e. The van der Waals surface area contributed by atoms with Crippen molar-refractivity contribution in [1.29, 1.82) is 0 Å². The summed E-state index contributed by atoms with van der Waals surface area (Å²) in [5.74, 6) is 1.87. The van der Waals surface area contributed by atoms with Crippen LogP contribution in [0.1, 0.15) is 11.4 Å². The van der Waals surface area contributed by atoms with Crippen LogP contribution < -0.4 is 10.1 Å². The van der Waals surface area contributed by atoms with E-state index in [-0.39, 0.29) is 0 Å². The Morgan fingerprint density at radius 3 is 2.86 bits per heavy atom. The van der Waals surface area contributed by atoms with E-state index >= 15 is 0 Å². The van der Waals surface area contributed by atoms with Gasteiger partial charge < -0.3 is 15.0 Å². The number of halogens is 1. The fourth-order valence-electron chi connectivity index (χ4n) is 2.38. The molecule has 0 saturated carbocycles. The molecule has 22 heavy (non-hydrogen) atoms. The van der Waals surface area contributed by atoms with E-state index in [1.165, 1.54) is 5.56 Å². The first-order chi connectivity index (χ1) is 10.8. The van der Waals surface area contributed by atoms with Gasteiger partial charge in [0, 0.05) is 19.5 Å². The molecule has 0 saturated heterocycles. The maximum atomic E-state index is 5.23. The van der Waals surface area contributed by atoms with Crippen molar-refractivity contribution in [3.8, 4) is 5.75 Å². The SMILES string of the molecule is COc1ccc(CNCCc2nc3ccccc3[nH]2)cc1Br. The molecule has 0 aliphatic carbocycles. The van der Waals surface area contributed by atoms with Crippen molar-refractivity contribution in [3.63, 3.8) is 0 Å². The highest BCUT2D eigenvalue weighted by atomic mass is 79.9. The Labute approximate surface area is 138 Å². The van der Waals surface area contributed by atoms with Crippen LogP contribution in [-0.2, 0) is 13.0 Å². The van der Waals surface area contributed by atoms with E-state index in [4.69, 9.17) is 4.74 Å². The molecule has 0 amide bonds. The van der Waals surface area contributed by atoms with E-state index in [1.807, 2.05) is 30.3 Å². The molecule has 0 aliphatic heterocycles. The average molecular weight is 360 g/mol. The minimum Gasteiger partial charge on any atom is -0.496 e. The second-order valence-electron chi connectivity index (χ2n) is 5.10. The fraction of sp³-hybridized carbons (Fsp3) is 0.235. The molecule has 1 heterocycles. The van der Waals surface area contributed by atoms with E-state index in [0.29, 0.717) is 0 Å². The number of aromatic nitrogens is 2. The van der Waals surface area contributed by atoms with Gasteiger partial charge in [-0.05, 0) is 45.8 Å². The molecule has 0 atom stereocenters. The zero-order chi connectivity index (χ0) is 15.4. The number of hydrogen-bond acceptors (Lipinski definition) is 3. The van der Waals surface area contributed by atoms with Crippen molar-refractivity contribution in [2.24, 2.45) is 0 Å². The summed E-state index contributed by atoms with van der Waals surface area (Å²) < 4.78 is 6.21. The minimum atomic E-state index is 0.822. The highest BCUT2D eigenvalue weighted by Crippen LogP contribution is 2.25. The van der Waals surface area contributed by atoms with Crippen LogP contribution in [0.4, 0.5) is 0 Å². The van der Waals surface area contributed by atoms with Gasteiger partial charge in [0.1, 0.15) is 11.6 Å². The van der Waals surface area contributed by atoms with Crippen LogP contribution in [0, 0.1) is 0 Å². The molecule has 0 fully saturated rings. The fourth-order valence-corrected chi connectivity index (χ4v) is 2.97. The normalized spacial score (nSPS) is 11.0. The first kappa shape index (κ1) is 15.1. The molecule has 1 aromatic heterocycles. The van der Waals surface area contributed by atoms with Gasteiger partial charge in [0.2, 0.25) is 0 Å². The van der Waals surface area contributed by atoms with Gasteiger partial charge in [-0.2, -0.15) is 0 Å². The number of methoxy groups -OCH3 is 1. The molecule has 0 radical (unpaired) electrons. The first-order valence-corrected chi connectivity index (χ1v) is 8.02. The third-order valence-electron chi connectivity index (χ3n) is 3.52. The number of imidazole rings is 1.